The number of rotatable bonds is 9. The highest BCUT2D eigenvalue weighted by molar-refractivity contribution is 7.89. The molecule has 0 atom stereocenters. The summed E-state index contributed by atoms with van der Waals surface area (Å²) in [5.74, 6) is -0.277. The fourth-order valence-electron chi connectivity index (χ4n) is 1.57. The van der Waals surface area contributed by atoms with Crippen molar-refractivity contribution in [1.29, 1.82) is 5.41 Å². The molecule has 0 bridgehead atoms. The van der Waals surface area contributed by atoms with Gasteiger partial charge >= 0.3 is 0 Å². The molecule has 0 saturated heterocycles. The van der Waals surface area contributed by atoms with E-state index in [1.807, 2.05) is 13.8 Å². The van der Waals surface area contributed by atoms with Crippen molar-refractivity contribution >= 4 is 15.9 Å². The molecule has 0 aromatic rings. The molecule has 0 fully saturated rings. The molecule has 0 unspecified atom stereocenters. The van der Waals surface area contributed by atoms with E-state index in [4.69, 9.17) is 15.9 Å². The van der Waals surface area contributed by atoms with Gasteiger partial charge in [0.05, 0.1) is 24.0 Å². The third-order valence-electron chi connectivity index (χ3n) is 2.88. The molecule has 6 nitrogen and oxygen atoms in total. The molecule has 0 radical (unpaired) electrons. The highest BCUT2D eigenvalue weighted by Gasteiger charge is 2.34. The minimum Gasteiger partial charge on any atom is -0.386 e. The molecule has 108 valence electrons. The Labute approximate surface area is 110 Å². The predicted octanol–water partition coefficient (Wildman–Crippen LogP) is 0.826. The van der Waals surface area contributed by atoms with E-state index in [0.29, 0.717) is 12.8 Å². The van der Waals surface area contributed by atoms with Crippen LogP contribution in [0.2, 0.25) is 0 Å². The lowest BCUT2D eigenvalue weighted by molar-refractivity contribution is 0.0911. The second-order valence-electron chi connectivity index (χ2n) is 4.54. The van der Waals surface area contributed by atoms with E-state index < -0.39 is 15.6 Å². The quantitative estimate of drug-likeness (QED) is 0.429. The van der Waals surface area contributed by atoms with Crippen molar-refractivity contribution in [2.45, 2.75) is 52.2 Å². The van der Waals surface area contributed by atoms with Gasteiger partial charge in [0, 0.05) is 0 Å². The smallest absolute Gasteiger partial charge is 0.214 e. The van der Waals surface area contributed by atoms with Crippen molar-refractivity contribution in [3.05, 3.63) is 0 Å². The summed E-state index contributed by atoms with van der Waals surface area (Å²) >= 11 is 0. The summed E-state index contributed by atoms with van der Waals surface area (Å²) in [6, 6.07) is 0. The first-order chi connectivity index (χ1) is 8.19. The molecule has 4 N–H and O–H groups in total. The molecule has 0 amide bonds. The third-order valence-corrected chi connectivity index (χ3v) is 4.28. The number of amidine groups is 1. The fourth-order valence-corrected chi connectivity index (χ4v) is 2.98. The molecule has 0 spiro atoms. The van der Waals surface area contributed by atoms with E-state index in [9.17, 15) is 8.42 Å². The first-order valence-corrected chi connectivity index (χ1v) is 7.82. The van der Waals surface area contributed by atoms with E-state index >= 15 is 0 Å². The van der Waals surface area contributed by atoms with E-state index in [0.717, 1.165) is 0 Å². The van der Waals surface area contributed by atoms with Crippen LogP contribution in [0.4, 0.5) is 0 Å². The van der Waals surface area contributed by atoms with Crippen molar-refractivity contribution in [3.63, 3.8) is 0 Å². The standard InChI is InChI=1S/C11H25N3O3S/c1-5-11(6-2,10(12)13)14-18(15,16)8-7-17-9(3)4/h9,14H,5-8H2,1-4H3,(H3,12,13). The minimum atomic E-state index is -3.50. The van der Waals surface area contributed by atoms with Gasteiger partial charge in [-0.3, -0.25) is 5.41 Å². The Balaban J connectivity index is 4.67. The molecule has 0 aliphatic heterocycles. The SMILES string of the molecule is CCC(CC)(NS(=O)(=O)CCOC(C)C)C(=N)N. The predicted molar refractivity (Wildman–Crippen MR) is 73.2 cm³/mol. The molecule has 18 heavy (non-hydrogen) atoms. The summed E-state index contributed by atoms with van der Waals surface area (Å²) < 4.78 is 31.6. The second kappa shape index (κ2) is 7.06. The third kappa shape index (κ3) is 5.32. The first-order valence-electron chi connectivity index (χ1n) is 6.17. The van der Waals surface area contributed by atoms with Crippen LogP contribution in [-0.2, 0) is 14.8 Å². The average Bonchev–Trinajstić information content (AvgIpc) is 2.24. The zero-order chi connectivity index (χ0) is 14.4. The van der Waals surface area contributed by atoms with E-state index in [1.165, 1.54) is 0 Å². The zero-order valence-corrected chi connectivity index (χ0v) is 12.4. The van der Waals surface area contributed by atoms with Crippen LogP contribution in [0.5, 0.6) is 0 Å². The fraction of sp³-hybridized carbons (Fsp3) is 0.909. The maximum absolute atomic E-state index is 11.9. The lowest BCUT2D eigenvalue weighted by Crippen LogP contribution is -2.57. The van der Waals surface area contributed by atoms with E-state index in [2.05, 4.69) is 4.72 Å². The highest BCUT2D eigenvalue weighted by Crippen LogP contribution is 2.16. The van der Waals surface area contributed by atoms with Gasteiger partial charge in [-0.1, -0.05) is 13.8 Å². The van der Waals surface area contributed by atoms with Crippen LogP contribution in [0.1, 0.15) is 40.5 Å². The number of hydrogen-bond donors (Lipinski definition) is 3. The lowest BCUT2D eigenvalue weighted by atomic mass is 9.93. The average molecular weight is 279 g/mol. The largest absolute Gasteiger partial charge is 0.386 e. The normalized spacial score (nSPS) is 12.9. The van der Waals surface area contributed by atoms with Gasteiger partial charge in [-0.2, -0.15) is 0 Å². The Morgan fingerprint density at radius 3 is 2.22 bits per heavy atom. The summed E-state index contributed by atoms with van der Waals surface area (Å²) in [6.07, 6.45) is 0.891. The lowest BCUT2D eigenvalue weighted by Gasteiger charge is -2.31. The van der Waals surface area contributed by atoms with Crippen LogP contribution < -0.4 is 10.5 Å². The van der Waals surface area contributed by atoms with Gasteiger partial charge in [0.25, 0.3) is 0 Å². The monoisotopic (exact) mass is 279 g/mol. The minimum absolute atomic E-state index is 0.00452. The molecule has 0 rings (SSSR count). The van der Waals surface area contributed by atoms with Gasteiger partial charge < -0.3 is 10.5 Å². The molecule has 0 aliphatic rings. The van der Waals surface area contributed by atoms with Gasteiger partial charge in [0.2, 0.25) is 10.0 Å². The summed E-state index contributed by atoms with van der Waals surface area (Å²) in [5.41, 5.74) is 4.53. The van der Waals surface area contributed by atoms with Crippen LogP contribution in [-0.4, -0.2) is 38.3 Å². The van der Waals surface area contributed by atoms with Crippen molar-refractivity contribution in [1.82, 2.24) is 4.72 Å². The van der Waals surface area contributed by atoms with Crippen LogP contribution in [0.15, 0.2) is 0 Å². The molecule has 0 saturated carbocycles. The zero-order valence-electron chi connectivity index (χ0n) is 11.6. The summed E-state index contributed by atoms with van der Waals surface area (Å²) in [5, 5.41) is 7.54. The first kappa shape index (κ1) is 17.3. The summed E-state index contributed by atoms with van der Waals surface area (Å²) in [4.78, 5) is 0. The van der Waals surface area contributed by atoms with Crippen LogP contribution in [0.3, 0.4) is 0 Å². The molecular formula is C11H25N3O3S. The molecule has 0 aromatic carbocycles. The Morgan fingerprint density at radius 1 is 1.39 bits per heavy atom. The molecular weight excluding hydrogens is 254 g/mol. The number of ether oxygens (including phenoxy) is 1. The number of hydrogen-bond acceptors (Lipinski definition) is 4. The Hall–Kier alpha value is -0.660. The Bertz CT molecular complexity index is 362. The second-order valence-corrected chi connectivity index (χ2v) is 6.39. The molecule has 0 aliphatic carbocycles. The highest BCUT2D eigenvalue weighted by atomic mass is 32.2. The number of nitrogens with two attached hydrogens (primary N) is 1. The molecule has 0 aromatic heterocycles. The van der Waals surface area contributed by atoms with Crippen molar-refractivity contribution in [2.24, 2.45) is 5.73 Å². The van der Waals surface area contributed by atoms with Crippen molar-refractivity contribution < 1.29 is 13.2 Å². The van der Waals surface area contributed by atoms with Crippen LogP contribution in [0.25, 0.3) is 0 Å². The van der Waals surface area contributed by atoms with Crippen LogP contribution >= 0.6 is 0 Å². The van der Waals surface area contributed by atoms with Crippen LogP contribution in [0, 0.1) is 5.41 Å². The molecule has 7 heteroatoms. The van der Waals surface area contributed by atoms with Gasteiger partial charge in [-0.15, -0.1) is 0 Å². The van der Waals surface area contributed by atoms with E-state index in [1.54, 1.807) is 13.8 Å². The Kier molecular flexibility index (Phi) is 6.80. The topological polar surface area (TPSA) is 105 Å². The van der Waals surface area contributed by atoms with Crippen molar-refractivity contribution in [2.75, 3.05) is 12.4 Å². The van der Waals surface area contributed by atoms with Gasteiger partial charge in [-0.25, -0.2) is 13.1 Å². The van der Waals surface area contributed by atoms with Gasteiger partial charge in [0.1, 0.15) is 5.84 Å². The van der Waals surface area contributed by atoms with Crippen molar-refractivity contribution in [3.8, 4) is 0 Å². The maximum atomic E-state index is 11.9. The van der Waals surface area contributed by atoms with Gasteiger partial charge in [-0.05, 0) is 26.7 Å². The summed E-state index contributed by atoms with van der Waals surface area (Å²) in [6.45, 7) is 7.43. The Morgan fingerprint density at radius 2 is 1.89 bits per heavy atom. The van der Waals surface area contributed by atoms with Gasteiger partial charge in [0.15, 0.2) is 0 Å². The number of sulfonamides is 1. The maximum Gasteiger partial charge on any atom is 0.214 e. The van der Waals surface area contributed by atoms with E-state index in [-0.39, 0.29) is 24.3 Å². The summed E-state index contributed by atoms with van der Waals surface area (Å²) in [7, 11) is -3.50. The molecule has 0 heterocycles. The number of nitrogens with one attached hydrogen (secondary N) is 2.